The maximum atomic E-state index is 13.9. The summed E-state index contributed by atoms with van der Waals surface area (Å²) in [5.74, 6) is -4.10. The first-order valence-corrected chi connectivity index (χ1v) is 23.6. The highest BCUT2D eigenvalue weighted by atomic mass is 33.1. The molecular formula is C42H76N6O12S2. The van der Waals surface area contributed by atoms with Gasteiger partial charge in [-0.05, 0) is 90.9 Å². The van der Waals surface area contributed by atoms with Crippen LogP contribution in [0, 0.1) is 23.7 Å². The van der Waals surface area contributed by atoms with Gasteiger partial charge in [-0.2, -0.15) is 0 Å². The topological polar surface area (TPSA) is 246 Å². The van der Waals surface area contributed by atoms with E-state index in [9.17, 15) is 38.4 Å². The molecule has 0 heterocycles. The number of hydrogen-bond acceptors (Lipinski definition) is 14. The van der Waals surface area contributed by atoms with Crippen LogP contribution in [0.4, 0.5) is 9.59 Å². The van der Waals surface area contributed by atoms with Gasteiger partial charge >= 0.3 is 24.1 Å². The van der Waals surface area contributed by atoms with Crippen molar-refractivity contribution in [1.29, 1.82) is 0 Å². The predicted molar refractivity (Wildman–Crippen MR) is 241 cm³/mol. The van der Waals surface area contributed by atoms with Gasteiger partial charge in [-0.15, -0.1) is 0 Å². The number of carbonyl (C=O) groups excluding carboxylic acids is 8. The molecule has 0 saturated heterocycles. The standard InChI is InChI=1S/C42H76N6O12S2/c1-23(2)17-27(33(49)45-29(19-25(5)6)37(53)57-15)43-35(51)31(47-39(55)59-41(9,10)11)21-61-62-22-32(48-40(56)60-42(12,13)14)36(52)44-28(18-24(3)4)34(50)46-30(20-26(7)8)38(54)58-16/h23-32H,17-22H2,1-16H3,(H,43,51)(H,44,52)(H,45,49)(H,46,50)(H,47,55)(H,48,56)/t27-,28-,29-,30-,31-,32-/m0/s1. The molecule has 6 amide bonds. The third-order valence-corrected chi connectivity index (χ3v) is 10.7. The van der Waals surface area contributed by atoms with Crippen LogP contribution in [0.3, 0.4) is 0 Å². The Labute approximate surface area is 376 Å². The van der Waals surface area contributed by atoms with Crippen molar-refractivity contribution in [3.05, 3.63) is 0 Å². The number of esters is 2. The molecule has 0 fully saturated rings. The largest absolute Gasteiger partial charge is 0.467 e. The van der Waals surface area contributed by atoms with E-state index >= 15 is 0 Å². The van der Waals surface area contributed by atoms with Crippen LogP contribution in [-0.2, 0) is 47.7 Å². The van der Waals surface area contributed by atoms with Crippen LogP contribution in [0.2, 0.25) is 0 Å². The summed E-state index contributed by atoms with van der Waals surface area (Å²) in [7, 11) is 4.62. The molecule has 20 heteroatoms. The van der Waals surface area contributed by atoms with Gasteiger partial charge in [-0.3, -0.25) is 19.2 Å². The lowest BCUT2D eigenvalue weighted by atomic mass is 10.0. The number of ether oxygens (including phenoxy) is 4. The van der Waals surface area contributed by atoms with E-state index in [-0.39, 0.29) is 48.0 Å². The maximum absolute atomic E-state index is 13.9. The Balaban J connectivity index is 6.47. The van der Waals surface area contributed by atoms with Gasteiger partial charge in [-0.1, -0.05) is 77.0 Å². The molecule has 6 N–H and O–H groups in total. The molecule has 0 saturated carbocycles. The molecule has 18 nitrogen and oxygen atoms in total. The quantitative estimate of drug-likeness (QED) is 0.0317. The van der Waals surface area contributed by atoms with Crippen molar-refractivity contribution >= 4 is 69.3 Å². The van der Waals surface area contributed by atoms with Gasteiger partial charge in [0.1, 0.15) is 47.5 Å². The first-order chi connectivity index (χ1) is 28.5. The van der Waals surface area contributed by atoms with Crippen LogP contribution in [0.25, 0.3) is 0 Å². The van der Waals surface area contributed by atoms with Crippen molar-refractivity contribution in [2.75, 3.05) is 25.7 Å². The van der Waals surface area contributed by atoms with Crippen molar-refractivity contribution in [2.24, 2.45) is 23.7 Å². The SMILES string of the molecule is COC(=O)[C@H](CC(C)C)NC(=O)[C@H](CC(C)C)NC(=O)[C@H](CSSC[C@H](NC(=O)OC(C)(C)C)C(=O)N[C@@H](CC(C)C)C(=O)N[C@@H](CC(C)C)C(=O)OC)NC(=O)OC(C)(C)C. The van der Waals surface area contributed by atoms with Crippen LogP contribution in [-0.4, -0.2) is 121 Å². The van der Waals surface area contributed by atoms with Gasteiger partial charge in [-0.25, -0.2) is 19.2 Å². The molecule has 0 spiro atoms. The van der Waals surface area contributed by atoms with Crippen molar-refractivity contribution in [3.63, 3.8) is 0 Å². The molecular weight excluding hydrogens is 845 g/mol. The zero-order chi connectivity index (χ0) is 48.1. The molecule has 0 bridgehead atoms. The lowest BCUT2D eigenvalue weighted by Crippen LogP contribution is -2.57. The van der Waals surface area contributed by atoms with Crippen LogP contribution < -0.4 is 31.9 Å². The van der Waals surface area contributed by atoms with E-state index in [0.29, 0.717) is 12.8 Å². The first kappa shape index (κ1) is 58.1. The molecule has 0 unspecified atom stereocenters. The third-order valence-electron chi connectivity index (χ3n) is 8.27. The van der Waals surface area contributed by atoms with Crippen LogP contribution in [0.1, 0.15) is 123 Å². The summed E-state index contributed by atoms with van der Waals surface area (Å²) in [6.07, 6.45) is -0.761. The van der Waals surface area contributed by atoms with E-state index in [1.165, 1.54) is 14.2 Å². The van der Waals surface area contributed by atoms with Crippen molar-refractivity contribution in [3.8, 4) is 0 Å². The van der Waals surface area contributed by atoms with Crippen LogP contribution >= 0.6 is 21.6 Å². The van der Waals surface area contributed by atoms with E-state index in [4.69, 9.17) is 18.9 Å². The molecule has 0 radical (unpaired) electrons. The Morgan fingerprint density at radius 1 is 0.403 bits per heavy atom. The van der Waals surface area contributed by atoms with Gasteiger partial charge in [0.25, 0.3) is 0 Å². The van der Waals surface area contributed by atoms with Crippen molar-refractivity contribution in [2.45, 2.75) is 170 Å². The fourth-order valence-electron chi connectivity index (χ4n) is 5.65. The minimum Gasteiger partial charge on any atom is -0.467 e. The summed E-state index contributed by atoms with van der Waals surface area (Å²) in [6.45, 7) is 25.0. The number of alkyl carbamates (subject to hydrolysis) is 2. The number of methoxy groups -OCH3 is 2. The van der Waals surface area contributed by atoms with Gasteiger partial charge in [0.05, 0.1) is 14.2 Å². The highest BCUT2D eigenvalue weighted by molar-refractivity contribution is 8.76. The van der Waals surface area contributed by atoms with Gasteiger partial charge in [0, 0.05) is 11.5 Å². The highest BCUT2D eigenvalue weighted by Crippen LogP contribution is 2.24. The summed E-state index contributed by atoms with van der Waals surface area (Å²) in [5, 5.41) is 16.0. The predicted octanol–water partition coefficient (Wildman–Crippen LogP) is 4.62. The molecule has 0 aliphatic heterocycles. The summed E-state index contributed by atoms with van der Waals surface area (Å²) >= 11 is 0. The number of hydrogen-bond donors (Lipinski definition) is 6. The lowest BCUT2D eigenvalue weighted by Gasteiger charge is -2.27. The number of rotatable bonds is 25. The zero-order valence-electron chi connectivity index (χ0n) is 39.7. The summed E-state index contributed by atoms with van der Waals surface area (Å²) in [5.41, 5.74) is -1.81. The number of nitrogens with one attached hydrogen (secondary N) is 6. The maximum Gasteiger partial charge on any atom is 0.408 e. The molecule has 0 aromatic carbocycles. The Morgan fingerprint density at radius 2 is 0.645 bits per heavy atom. The Kier molecular flexibility index (Phi) is 26.2. The monoisotopic (exact) mass is 920 g/mol. The van der Waals surface area contributed by atoms with E-state index in [0.717, 1.165) is 21.6 Å². The van der Waals surface area contributed by atoms with Crippen molar-refractivity contribution in [1.82, 2.24) is 31.9 Å². The fraction of sp³-hybridized carbons (Fsp3) is 0.810. The Bertz CT molecular complexity index is 1370. The molecule has 0 aromatic heterocycles. The second-order valence-corrected chi connectivity index (χ2v) is 21.3. The van der Waals surface area contributed by atoms with Crippen LogP contribution in [0.15, 0.2) is 0 Å². The molecule has 6 atom stereocenters. The van der Waals surface area contributed by atoms with E-state index in [2.05, 4.69) is 31.9 Å². The fourth-order valence-corrected chi connectivity index (χ4v) is 7.98. The second kappa shape index (κ2) is 28.0. The van der Waals surface area contributed by atoms with Gasteiger partial charge in [0.15, 0.2) is 0 Å². The first-order valence-electron chi connectivity index (χ1n) is 21.1. The van der Waals surface area contributed by atoms with E-state index < -0.39 is 95.2 Å². The van der Waals surface area contributed by atoms with Crippen LogP contribution in [0.5, 0.6) is 0 Å². The Hall–Kier alpha value is -3.94. The number of carbonyl (C=O) groups is 8. The lowest BCUT2D eigenvalue weighted by molar-refractivity contribution is -0.146. The molecule has 0 aliphatic carbocycles. The average Bonchev–Trinajstić information content (AvgIpc) is 3.11. The van der Waals surface area contributed by atoms with E-state index in [1.54, 1.807) is 41.5 Å². The molecule has 0 aliphatic rings. The normalized spacial score (nSPS) is 14.7. The zero-order valence-corrected chi connectivity index (χ0v) is 41.4. The van der Waals surface area contributed by atoms with Gasteiger partial charge in [0.2, 0.25) is 23.6 Å². The molecule has 0 rings (SSSR count). The Morgan fingerprint density at radius 3 is 0.887 bits per heavy atom. The average molecular weight is 921 g/mol. The molecule has 358 valence electrons. The number of amides is 6. The van der Waals surface area contributed by atoms with E-state index in [1.807, 2.05) is 55.4 Å². The summed E-state index contributed by atoms with van der Waals surface area (Å²) in [4.78, 5) is 106. The molecule has 62 heavy (non-hydrogen) atoms. The third kappa shape index (κ3) is 25.9. The smallest absolute Gasteiger partial charge is 0.408 e. The van der Waals surface area contributed by atoms with Crippen molar-refractivity contribution < 1.29 is 57.3 Å². The minimum absolute atomic E-state index is 0.0424. The highest BCUT2D eigenvalue weighted by Gasteiger charge is 2.34. The summed E-state index contributed by atoms with van der Waals surface area (Å²) in [6, 6.07) is -6.57. The summed E-state index contributed by atoms with van der Waals surface area (Å²) < 4.78 is 20.6. The molecule has 0 aromatic rings. The second-order valence-electron chi connectivity index (χ2n) is 18.8. The van der Waals surface area contributed by atoms with Gasteiger partial charge < -0.3 is 50.8 Å². The minimum atomic E-state index is -1.25.